The molecule has 0 saturated carbocycles. The Morgan fingerprint density at radius 3 is 2.38 bits per heavy atom. The van der Waals surface area contributed by atoms with Gasteiger partial charge in [0.1, 0.15) is 0 Å². The van der Waals surface area contributed by atoms with Crippen LogP contribution >= 0.6 is 0 Å². The lowest BCUT2D eigenvalue weighted by Crippen LogP contribution is -2.43. The molecule has 1 aromatic rings. The van der Waals surface area contributed by atoms with E-state index in [2.05, 4.69) is 24.8 Å². The Bertz CT molecular complexity index is 470. The van der Waals surface area contributed by atoms with Crippen molar-refractivity contribution in [1.29, 1.82) is 5.26 Å². The Hall–Kier alpha value is -1.37. The molecular formula is C18H26N2O. The summed E-state index contributed by atoms with van der Waals surface area (Å²) >= 11 is 0. The van der Waals surface area contributed by atoms with Crippen molar-refractivity contribution >= 4 is 0 Å². The van der Waals surface area contributed by atoms with Crippen LogP contribution in [0.25, 0.3) is 0 Å². The van der Waals surface area contributed by atoms with Gasteiger partial charge in [-0.3, -0.25) is 0 Å². The molecule has 0 spiro atoms. The SMILES string of the molecule is CC(C)C1(CC#N)CCN(CC(O)c2ccccc2)CC1. The molecule has 1 heterocycles. The third-order valence-electron chi connectivity index (χ3n) is 5.12. The first-order valence-corrected chi connectivity index (χ1v) is 7.90. The molecule has 0 radical (unpaired) electrons. The van der Waals surface area contributed by atoms with E-state index in [1.54, 1.807) is 0 Å². The molecule has 0 aromatic heterocycles. The lowest BCUT2D eigenvalue weighted by atomic mass is 9.68. The molecule has 1 aromatic carbocycles. The van der Waals surface area contributed by atoms with E-state index in [4.69, 9.17) is 5.26 Å². The van der Waals surface area contributed by atoms with Crippen LogP contribution < -0.4 is 0 Å². The number of aliphatic hydroxyl groups excluding tert-OH is 1. The van der Waals surface area contributed by atoms with Crippen molar-refractivity contribution in [1.82, 2.24) is 4.90 Å². The minimum absolute atomic E-state index is 0.170. The topological polar surface area (TPSA) is 47.3 Å². The van der Waals surface area contributed by atoms with Crippen molar-refractivity contribution in [3.63, 3.8) is 0 Å². The summed E-state index contributed by atoms with van der Waals surface area (Å²) in [5.41, 5.74) is 1.15. The number of rotatable bonds is 5. The van der Waals surface area contributed by atoms with Gasteiger partial charge in [0.15, 0.2) is 0 Å². The van der Waals surface area contributed by atoms with Crippen LogP contribution in [0, 0.1) is 22.7 Å². The maximum absolute atomic E-state index is 10.3. The molecule has 0 amide bonds. The number of β-amino-alcohol motifs (C(OH)–C–C–N with tert-alkyl or cyclic N) is 1. The van der Waals surface area contributed by atoms with E-state index in [1.807, 2.05) is 30.3 Å². The van der Waals surface area contributed by atoms with Gasteiger partial charge < -0.3 is 10.0 Å². The van der Waals surface area contributed by atoms with Gasteiger partial charge >= 0.3 is 0 Å². The van der Waals surface area contributed by atoms with E-state index in [0.29, 0.717) is 18.9 Å². The Balaban J connectivity index is 1.91. The zero-order valence-electron chi connectivity index (χ0n) is 13.1. The summed E-state index contributed by atoms with van der Waals surface area (Å²) < 4.78 is 0. The van der Waals surface area contributed by atoms with Gasteiger partial charge in [-0.1, -0.05) is 44.2 Å². The molecule has 1 unspecified atom stereocenters. The summed E-state index contributed by atoms with van der Waals surface area (Å²) in [6.45, 7) is 7.09. The van der Waals surface area contributed by atoms with Crippen molar-refractivity contribution in [3.8, 4) is 6.07 Å². The van der Waals surface area contributed by atoms with Crippen LogP contribution in [-0.2, 0) is 0 Å². The maximum atomic E-state index is 10.3. The molecule has 3 heteroatoms. The van der Waals surface area contributed by atoms with Gasteiger partial charge in [0.05, 0.1) is 12.2 Å². The van der Waals surface area contributed by atoms with Gasteiger partial charge in [-0.2, -0.15) is 5.26 Å². The van der Waals surface area contributed by atoms with Gasteiger partial charge in [0.2, 0.25) is 0 Å². The largest absolute Gasteiger partial charge is 0.387 e. The Labute approximate surface area is 128 Å². The minimum atomic E-state index is -0.422. The van der Waals surface area contributed by atoms with Crippen LogP contribution in [0.2, 0.25) is 0 Å². The highest BCUT2D eigenvalue weighted by Gasteiger charge is 2.37. The second kappa shape index (κ2) is 7.06. The Morgan fingerprint density at radius 2 is 1.86 bits per heavy atom. The van der Waals surface area contributed by atoms with Crippen LogP contribution in [0.3, 0.4) is 0 Å². The van der Waals surface area contributed by atoms with E-state index in [1.165, 1.54) is 0 Å². The van der Waals surface area contributed by atoms with Gasteiger partial charge in [0.25, 0.3) is 0 Å². The fraction of sp³-hybridized carbons (Fsp3) is 0.611. The normalized spacial score (nSPS) is 20.1. The zero-order chi connectivity index (χ0) is 15.3. The van der Waals surface area contributed by atoms with Gasteiger partial charge in [-0.15, -0.1) is 0 Å². The fourth-order valence-electron chi connectivity index (χ4n) is 3.32. The summed E-state index contributed by atoms with van der Waals surface area (Å²) in [6.07, 6.45) is 2.34. The molecule has 3 nitrogen and oxygen atoms in total. The summed E-state index contributed by atoms with van der Waals surface area (Å²) in [7, 11) is 0. The molecule has 2 rings (SSSR count). The summed E-state index contributed by atoms with van der Waals surface area (Å²) in [5.74, 6) is 0.540. The zero-order valence-corrected chi connectivity index (χ0v) is 13.1. The third-order valence-corrected chi connectivity index (χ3v) is 5.12. The predicted octanol–water partition coefficient (Wildman–Crippen LogP) is 3.37. The molecular weight excluding hydrogens is 260 g/mol. The molecule has 1 saturated heterocycles. The van der Waals surface area contributed by atoms with E-state index in [-0.39, 0.29) is 5.41 Å². The third kappa shape index (κ3) is 3.84. The monoisotopic (exact) mass is 286 g/mol. The van der Waals surface area contributed by atoms with E-state index < -0.39 is 6.10 Å². The van der Waals surface area contributed by atoms with Crippen molar-refractivity contribution in [2.24, 2.45) is 11.3 Å². The summed E-state index contributed by atoms with van der Waals surface area (Å²) in [6, 6.07) is 12.2. The predicted molar refractivity (Wildman–Crippen MR) is 84.6 cm³/mol. The number of benzene rings is 1. The van der Waals surface area contributed by atoms with Crippen molar-refractivity contribution in [2.75, 3.05) is 19.6 Å². The smallest absolute Gasteiger partial charge is 0.0916 e. The second-order valence-electron chi connectivity index (χ2n) is 6.58. The van der Waals surface area contributed by atoms with Crippen LogP contribution in [0.1, 0.15) is 44.8 Å². The van der Waals surface area contributed by atoms with Crippen LogP contribution in [-0.4, -0.2) is 29.6 Å². The summed E-state index contributed by atoms with van der Waals surface area (Å²) in [5, 5.41) is 19.4. The van der Waals surface area contributed by atoms with E-state index in [9.17, 15) is 5.11 Å². The molecule has 21 heavy (non-hydrogen) atoms. The lowest BCUT2D eigenvalue weighted by molar-refractivity contribution is 0.0359. The highest BCUT2D eigenvalue weighted by molar-refractivity contribution is 5.17. The van der Waals surface area contributed by atoms with Crippen LogP contribution in [0.4, 0.5) is 0 Å². The standard InChI is InChI=1S/C18H26N2O/c1-15(2)18(8-11-19)9-12-20(13-10-18)14-17(21)16-6-4-3-5-7-16/h3-7,15,17,21H,8-10,12-14H2,1-2H3. The lowest BCUT2D eigenvalue weighted by Gasteiger charge is -2.44. The number of nitriles is 1. The second-order valence-corrected chi connectivity index (χ2v) is 6.58. The van der Waals surface area contributed by atoms with Crippen molar-refractivity contribution in [3.05, 3.63) is 35.9 Å². The van der Waals surface area contributed by atoms with Crippen LogP contribution in [0.5, 0.6) is 0 Å². The fourth-order valence-corrected chi connectivity index (χ4v) is 3.32. The number of nitrogens with zero attached hydrogens (tertiary/aromatic N) is 2. The number of hydrogen-bond donors (Lipinski definition) is 1. The van der Waals surface area contributed by atoms with Crippen LogP contribution in [0.15, 0.2) is 30.3 Å². The number of aliphatic hydroxyl groups is 1. The summed E-state index contributed by atoms with van der Waals surface area (Å²) in [4.78, 5) is 2.33. The molecule has 0 aliphatic carbocycles. The molecule has 1 N–H and O–H groups in total. The first-order valence-electron chi connectivity index (χ1n) is 7.90. The van der Waals surface area contributed by atoms with E-state index >= 15 is 0 Å². The average Bonchev–Trinajstić information content (AvgIpc) is 2.50. The average molecular weight is 286 g/mol. The first kappa shape index (κ1) is 16.0. The minimum Gasteiger partial charge on any atom is -0.387 e. The van der Waals surface area contributed by atoms with Gasteiger partial charge in [-0.05, 0) is 42.8 Å². The Morgan fingerprint density at radius 1 is 1.24 bits per heavy atom. The molecule has 1 aliphatic heterocycles. The quantitative estimate of drug-likeness (QED) is 0.902. The number of hydrogen-bond acceptors (Lipinski definition) is 3. The first-order chi connectivity index (χ1) is 10.1. The maximum Gasteiger partial charge on any atom is 0.0916 e. The number of likely N-dealkylation sites (tertiary alicyclic amines) is 1. The molecule has 114 valence electrons. The molecule has 0 bridgehead atoms. The van der Waals surface area contributed by atoms with Gasteiger partial charge in [-0.25, -0.2) is 0 Å². The van der Waals surface area contributed by atoms with Crippen molar-refractivity contribution in [2.45, 2.75) is 39.2 Å². The van der Waals surface area contributed by atoms with Gasteiger partial charge in [0, 0.05) is 13.0 Å². The van der Waals surface area contributed by atoms with Crippen molar-refractivity contribution < 1.29 is 5.11 Å². The van der Waals surface area contributed by atoms with E-state index in [0.717, 1.165) is 31.5 Å². The Kier molecular flexibility index (Phi) is 5.39. The molecule has 1 atom stereocenters. The highest BCUT2D eigenvalue weighted by Crippen LogP contribution is 2.41. The number of piperidine rings is 1. The molecule has 1 fully saturated rings. The molecule has 1 aliphatic rings. The highest BCUT2D eigenvalue weighted by atomic mass is 16.3.